The van der Waals surface area contributed by atoms with Gasteiger partial charge in [0.15, 0.2) is 0 Å². The molecule has 3 aliphatic heterocycles. The van der Waals surface area contributed by atoms with Crippen molar-refractivity contribution in [2.24, 2.45) is 33.0 Å². The molecule has 3 saturated heterocycles. The van der Waals surface area contributed by atoms with Crippen molar-refractivity contribution in [1.82, 2.24) is 29.5 Å². The second kappa shape index (κ2) is 12.8. The maximum absolute atomic E-state index is 15.0. The number of aliphatic hydroxyl groups is 1. The van der Waals surface area contributed by atoms with Crippen LogP contribution >= 0.6 is 0 Å². The fraction of sp³-hybridized carbons (Fsp3) is 0.842. The van der Waals surface area contributed by atoms with E-state index in [4.69, 9.17) is 0 Å². The third kappa shape index (κ3) is 6.02. The zero-order chi connectivity index (χ0) is 38.4. The Morgan fingerprint density at radius 3 is 2.00 bits per heavy atom. The van der Waals surface area contributed by atoms with E-state index in [9.17, 15) is 27.9 Å². The molecule has 14 heteroatoms. The van der Waals surface area contributed by atoms with Crippen LogP contribution in [0.2, 0.25) is 0 Å². The number of aliphatic hydroxyl groups excluding tert-OH is 1. The largest absolute Gasteiger partial charge is 0.378 e. The first-order valence-electron chi connectivity index (χ1n) is 19.3. The van der Waals surface area contributed by atoms with Gasteiger partial charge in [0.05, 0.1) is 6.04 Å². The maximum Gasteiger partial charge on any atom is 0.303 e. The second-order valence-corrected chi connectivity index (χ2v) is 21.0. The lowest BCUT2D eigenvalue weighted by molar-refractivity contribution is -0.147. The molecule has 6 aliphatic rings. The third-order valence-corrected chi connectivity index (χ3v) is 15.6. The van der Waals surface area contributed by atoms with Gasteiger partial charge in [-0.05, 0) is 73.0 Å². The van der Waals surface area contributed by atoms with Crippen molar-refractivity contribution in [2.45, 2.75) is 143 Å². The van der Waals surface area contributed by atoms with Gasteiger partial charge in [-0.25, -0.2) is 4.72 Å². The molecule has 0 aromatic rings. The van der Waals surface area contributed by atoms with Crippen LogP contribution in [0.1, 0.15) is 113 Å². The molecule has 0 aromatic heterocycles. The molecule has 7 unspecified atom stereocenters. The molecule has 0 bridgehead atoms. The highest BCUT2D eigenvalue weighted by Crippen LogP contribution is 2.88. The van der Waals surface area contributed by atoms with Crippen molar-refractivity contribution in [2.75, 3.05) is 26.2 Å². The molecule has 0 radical (unpaired) electrons. The van der Waals surface area contributed by atoms with Crippen molar-refractivity contribution in [1.29, 1.82) is 0 Å². The van der Waals surface area contributed by atoms with Crippen LogP contribution in [0.25, 0.3) is 0 Å². The number of rotatable bonds is 10. The lowest BCUT2D eigenvalue weighted by Crippen LogP contribution is -2.63. The molecule has 3 saturated carbocycles. The molecule has 52 heavy (non-hydrogen) atoms. The van der Waals surface area contributed by atoms with E-state index in [2.05, 4.69) is 35.8 Å². The summed E-state index contributed by atoms with van der Waals surface area (Å²) >= 11 is 0. The van der Waals surface area contributed by atoms with E-state index in [1.807, 2.05) is 46.4 Å². The molecular weight excluding hydrogens is 685 g/mol. The average molecular weight is 747 g/mol. The Bertz CT molecular complexity index is 1610. The van der Waals surface area contributed by atoms with Gasteiger partial charge in [-0.1, -0.05) is 67.9 Å². The van der Waals surface area contributed by atoms with Crippen LogP contribution in [0.5, 0.6) is 0 Å². The number of hydrogen-bond donors (Lipinski definition) is 4. The number of amides is 4. The van der Waals surface area contributed by atoms with Crippen LogP contribution in [-0.4, -0.2) is 107 Å². The summed E-state index contributed by atoms with van der Waals surface area (Å²) in [7, 11) is -4.09. The number of carbonyl (C=O) groups is 4. The predicted molar refractivity (Wildman–Crippen MR) is 196 cm³/mol. The third-order valence-electron chi connectivity index (χ3n) is 14.1. The highest BCUT2D eigenvalue weighted by atomic mass is 32.2. The predicted octanol–water partition coefficient (Wildman–Crippen LogP) is 2.66. The molecule has 4 N–H and O–H groups in total. The number of fused-ring (bicyclic) bond motifs is 1. The number of nitrogens with one attached hydrogen (secondary N) is 3. The summed E-state index contributed by atoms with van der Waals surface area (Å²) in [5.74, 6) is -2.50. The first-order chi connectivity index (χ1) is 24.0. The van der Waals surface area contributed by atoms with Gasteiger partial charge in [0.2, 0.25) is 17.7 Å². The van der Waals surface area contributed by atoms with Gasteiger partial charge in [0, 0.05) is 37.5 Å². The summed E-state index contributed by atoms with van der Waals surface area (Å²) in [5, 5.41) is 16.8. The smallest absolute Gasteiger partial charge is 0.303 e. The Kier molecular flexibility index (Phi) is 9.61. The standard InChI is InChI=1S/C38H62N6O7S/c1-10-24-21-38(24,32(49)41-52(50,51)42-18-11-12-19-42)40-29(46)25-22-37(35(8,9)36(37)16-14-17-36)23-44(25)31(48)27(33(2,3)4)39-30(47)28(34(5,6)7)43-20-13-15-26(43)45/h10,24-28,45H,1,11-23H2,2-9H3,(H,39,47)(H,40,46)(H,41,49). The van der Waals surface area contributed by atoms with E-state index in [1.54, 1.807) is 11.0 Å². The quantitative estimate of drug-likeness (QED) is 0.248. The fourth-order valence-electron chi connectivity index (χ4n) is 10.8. The fourth-order valence-corrected chi connectivity index (χ4v) is 12.0. The highest BCUT2D eigenvalue weighted by Gasteiger charge is 2.85. The van der Waals surface area contributed by atoms with Crippen LogP contribution in [0.3, 0.4) is 0 Å². The molecule has 13 nitrogen and oxygen atoms in total. The summed E-state index contributed by atoms with van der Waals surface area (Å²) in [6.45, 7) is 21.4. The van der Waals surface area contributed by atoms with Crippen LogP contribution in [-0.2, 0) is 29.4 Å². The van der Waals surface area contributed by atoms with Crippen molar-refractivity contribution in [3.8, 4) is 0 Å². The number of likely N-dealkylation sites (tertiary alicyclic amines) is 2. The molecule has 3 heterocycles. The van der Waals surface area contributed by atoms with E-state index < -0.39 is 68.7 Å². The Hall–Kier alpha value is -2.55. The van der Waals surface area contributed by atoms with Crippen LogP contribution in [0, 0.1) is 33.0 Å². The average Bonchev–Trinajstić information content (AvgIpc) is 3.40. The van der Waals surface area contributed by atoms with Gasteiger partial charge in [-0.2, -0.15) is 12.7 Å². The van der Waals surface area contributed by atoms with Crippen molar-refractivity contribution >= 4 is 33.8 Å². The zero-order valence-electron chi connectivity index (χ0n) is 32.5. The molecule has 7 atom stereocenters. The minimum Gasteiger partial charge on any atom is -0.378 e. The maximum atomic E-state index is 15.0. The molecule has 2 spiro atoms. The van der Waals surface area contributed by atoms with Gasteiger partial charge in [0.1, 0.15) is 23.9 Å². The van der Waals surface area contributed by atoms with E-state index in [-0.39, 0.29) is 34.5 Å². The Morgan fingerprint density at radius 2 is 1.54 bits per heavy atom. The lowest BCUT2D eigenvalue weighted by Gasteiger charge is -2.41. The van der Waals surface area contributed by atoms with Gasteiger partial charge in [-0.15, -0.1) is 6.58 Å². The molecule has 4 amide bonds. The number of hydrogen-bond acceptors (Lipinski definition) is 8. The number of carbonyl (C=O) groups excluding carboxylic acids is 4. The molecule has 0 aromatic carbocycles. The van der Waals surface area contributed by atoms with Crippen molar-refractivity contribution < 1.29 is 32.7 Å². The van der Waals surface area contributed by atoms with Gasteiger partial charge in [0.25, 0.3) is 5.91 Å². The van der Waals surface area contributed by atoms with Crippen LogP contribution in [0.4, 0.5) is 0 Å². The molecule has 6 rings (SSSR count). The van der Waals surface area contributed by atoms with E-state index in [1.165, 1.54) is 4.31 Å². The van der Waals surface area contributed by atoms with E-state index >= 15 is 4.79 Å². The van der Waals surface area contributed by atoms with E-state index in [0.717, 1.165) is 25.7 Å². The van der Waals surface area contributed by atoms with Crippen molar-refractivity contribution in [3.05, 3.63) is 12.7 Å². The van der Waals surface area contributed by atoms with Gasteiger partial charge < -0.3 is 20.6 Å². The Labute approximate surface area is 310 Å². The topological polar surface area (TPSA) is 168 Å². The molecule has 3 aliphatic carbocycles. The molecule has 6 fully saturated rings. The Morgan fingerprint density at radius 1 is 0.904 bits per heavy atom. The van der Waals surface area contributed by atoms with Crippen molar-refractivity contribution in [3.63, 3.8) is 0 Å². The summed E-state index contributed by atoms with van der Waals surface area (Å²) in [6.07, 6.45) is 7.29. The first-order valence-corrected chi connectivity index (χ1v) is 20.8. The zero-order valence-corrected chi connectivity index (χ0v) is 33.3. The van der Waals surface area contributed by atoms with Gasteiger partial charge >= 0.3 is 10.2 Å². The molecular formula is C38H62N6O7S. The SMILES string of the molecule is C=CC1CC1(NC(=O)C1CC2(CN1C(=O)C(NC(=O)C(N1CCCC1O)C(C)(C)C)C(C)(C)C)C(C)(C)C21CCC1)C(=O)NS(=O)(=O)N1CCCC1. The number of nitrogens with zero attached hydrogens (tertiary/aromatic N) is 3. The molecule has 292 valence electrons. The van der Waals surface area contributed by atoms with Crippen LogP contribution in [0.15, 0.2) is 12.7 Å². The van der Waals surface area contributed by atoms with E-state index in [0.29, 0.717) is 51.9 Å². The summed E-state index contributed by atoms with van der Waals surface area (Å²) < 4.78 is 29.7. The monoisotopic (exact) mass is 746 g/mol. The minimum atomic E-state index is -4.09. The summed E-state index contributed by atoms with van der Waals surface area (Å²) in [5.41, 5.74) is -3.22. The minimum absolute atomic E-state index is 0.000635. The lowest BCUT2D eigenvalue weighted by atomic mass is 9.73. The normalized spacial score (nSPS) is 33.7. The summed E-state index contributed by atoms with van der Waals surface area (Å²) in [4.78, 5) is 61.0. The van der Waals surface area contributed by atoms with Gasteiger partial charge in [-0.3, -0.25) is 24.1 Å². The van der Waals surface area contributed by atoms with Crippen LogP contribution < -0.4 is 15.4 Å². The highest BCUT2D eigenvalue weighted by molar-refractivity contribution is 7.87. The second-order valence-electron chi connectivity index (χ2n) is 19.3. The first kappa shape index (κ1) is 39.2. The Balaban J connectivity index is 1.29. The summed E-state index contributed by atoms with van der Waals surface area (Å²) in [6, 6.07) is -2.61.